The molecule has 0 heterocycles. The van der Waals surface area contributed by atoms with Crippen LogP contribution in [0.1, 0.15) is 0 Å². The minimum Gasteiger partial charge on any atom is -0.506 e. The Balaban J connectivity index is 0.000000344. The van der Waals surface area contributed by atoms with Crippen molar-refractivity contribution in [3.63, 3.8) is 0 Å². The molecule has 19 heavy (non-hydrogen) atoms. The fraction of sp³-hybridized carbons (Fsp3) is 0. The Morgan fingerprint density at radius 1 is 0.842 bits per heavy atom. The molecule has 0 saturated carbocycles. The summed E-state index contributed by atoms with van der Waals surface area (Å²) in [4.78, 5) is 31.0. The van der Waals surface area contributed by atoms with Gasteiger partial charge in [-0.05, 0) is 6.07 Å². The standard InChI is InChI=1S/C6H8N2O2.H4O7P2/c7-3-1-4(8)6(10)2-5(3)9;1-8(2,3)7-9(4,5)6/h1-2,9-10H,7-8H2;(H2,1,2,3)(H2,4,5,6). The minimum absolute atomic E-state index is 0.160. The molecule has 11 nitrogen and oxygen atoms in total. The third-order valence-electron chi connectivity index (χ3n) is 1.39. The van der Waals surface area contributed by atoms with Crippen molar-refractivity contribution >= 4 is 27.0 Å². The molecule has 0 spiro atoms. The van der Waals surface area contributed by atoms with Gasteiger partial charge in [-0.25, -0.2) is 9.13 Å². The van der Waals surface area contributed by atoms with Crippen LogP contribution in [0, 0.1) is 0 Å². The van der Waals surface area contributed by atoms with E-state index < -0.39 is 15.6 Å². The van der Waals surface area contributed by atoms with Crippen LogP contribution in [-0.4, -0.2) is 29.8 Å². The molecule has 13 heteroatoms. The zero-order valence-corrected chi connectivity index (χ0v) is 10.9. The molecule has 1 aromatic rings. The quantitative estimate of drug-likeness (QED) is 0.150. The fourth-order valence-corrected chi connectivity index (χ4v) is 1.86. The second-order valence-corrected chi connectivity index (χ2v) is 5.65. The van der Waals surface area contributed by atoms with E-state index in [-0.39, 0.29) is 22.9 Å². The van der Waals surface area contributed by atoms with E-state index in [9.17, 15) is 9.13 Å². The Labute approximate surface area is 106 Å². The second-order valence-electron chi connectivity index (χ2n) is 3.03. The second kappa shape index (κ2) is 6.22. The molecule has 0 aliphatic rings. The number of phenols is 2. The number of nitrogen functional groups attached to an aromatic ring is 2. The topological polar surface area (TPSA) is 217 Å². The summed E-state index contributed by atoms with van der Waals surface area (Å²) in [6.45, 7) is 0. The van der Waals surface area contributed by atoms with Crippen LogP contribution >= 0.6 is 15.6 Å². The molecule has 0 aliphatic carbocycles. The zero-order chi connectivity index (χ0) is 15.4. The van der Waals surface area contributed by atoms with Crippen molar-refractivity contribution in [3.05, 3.63) is 12.1 Å². The van der Waals surface area contributed by atoms with Crippen molar-refractivity contribution in [2.24, 2.45) is 0 Å². The van der Waals surface area contributed by atoms with E-state index in [4.69, 9.17) is 41.3 Å². The average molecular weight is 318 g/mol. The van der Waals surface area contributed by atoms with E-state index in [0.717, 1.165) is 6.07 Å². The zero-order valence-electron chi connectivity index (χ0n) is 9.11. The summed E-state index contributed by atoms with van der Waals surface area (Å²) < 4.78 is 22.2. The number of phosphoric acid groups is 2. The number of phenolic OH excluding ortho intramolecular Hbond substituents is 2. The Morgan fingerprint density at radius 3 is 1.32 bits per heavy atom. The highest BCUT2D eigenvalue weighted by molar-refractivity contribution is 7.60. The van der Waals surface area contributed by atoms with Crippen molar-refractivity contribution in [2.45, 2.75) is 0 Å². The van der Waals surface area contributed by atoms with E-state index in [1.807, 2.05) is 0 Å². The molecule has 0 saturated heterocycles. The van der Waals surface area contributed by atoms with Gasteiger partial charge in [0.2, 0.25) is 0 Å². The number of anilines is 2. The maximum absolute atomic E-state index is 9.63. The van der Waals surface area contributed by atoms with Gasteiger partial charge in [0, 0.05) is 6.07 Å². The normalized spacial score (nSPS) is 11.6. The summed E-state index contributed by atoms with van der Waals surface area (Å²) in [5.41, 5.74) is 10.8. The number of nitrogens with two attached hydrogens (primary N) is 2. The molecule has 0 atom stereocenters. The number of hydrogen-bond donors (Lipinski definition) is 8. The van der Waals surface area contributed by atoms with Gasteiger partial charge >= 0.3 is 15.6 Å². The molecule has 0 bridgehead atoms. The van der Waals surface area contributed by atoms with Crippen LogP contribution in [0.15, 0.2) is 12.1 Å². The van der Waals surface area contributed by atoms with E-state index in [1.54, 1.807) is 0 Å². The first kappa shape index (κ1) is 17.7. The van der Waals surface area contributed by atoms with Gasteiger partial charge in [-0.15, -0.1) is 0 Å². The van der Waals surface area contributed by atoms with E-state index in [1.165, 1.54) is 6.07 Å². The number of hydrogen-bond acceptors (Lipinski definition) is 7. The van der Waals surface area contributed by atoms with Crippen LogP contribution < -0.4 is 11.5 Å². The Bertz CT molecular complexity index is 466. The molecule has 0 aliphatic heterocycles. The number of aromatic hydroxyl groups is 2. The summed E-state index contributed by atoms with van der Waals surface area (Å²) in [5.74, 6) is -0.321. The summed E-state index contributed by atoms with van der Waals surface area (Å²) >= 11 is 0. The average Bonchev–Trinajstić information content (AvgIpc) is 2.09. The van der Waals surface area contributed by atoms with E-state index in [0.29, 0.717) is 0 Å². The lowest BCUT2D eigenvalue weighted by atomic mass is 10.2. The van der Waals surface area contributed by atoms with Crippen molar-refractivity contribution in [1.82, 2.24) is 0 Å². The fourth-order valence-electron chi connectivity index (χ4n) is 0.750. The molecule has 110 valence electrons. The van der Waals surface area contributed by atoms with Gasteiger partial charge in [-0.2, -0.15) is 4.31 Å². The molecule has 0 fully saturated rings. The lowest BCUT2D eigenvalue weighted by Gasteiger charge is -2.03. The van der Waals surface area contributed by atoms with Crippen LogP contribution in [0.3, 0.4) is 0 Å². The van der Waals surface area contributed by atoms with Crippen LogP contribution in [0.5, 0.6) is 11.5 Å². The summed E-state index contributed by atoms with van der Waals surface area (Å²) in [7, 11) is -10.1. The largest absolute Gasteiger partial charge is 0.506 e. The first-order valence-corrected chi connectivity index (χ1v) is 7.27. The predicted octanol–water partition coefficient (Wildman–Crippen LogP) is -0.549. The Morgan fingerprint density at radius 2 is 1.16 bits per heavy atom. The van der Waals surface area contributed by atoms with Gasteiger partial charge in [0.15, 0.2) is 0 Å². The molecule has 0 amide bonds. The van der Waals surface area contributed by atoms with Crippen LogP contribution in [0.2, 0.25) is 0 Å². The first-order chi connectivity index (χ1) is 8.32. The molecule has 10 N–H and O–H groups in total. The molecular weight excluding hydrogens is 306 g/mol. The summed E-state index contributed by atoms with van der Waals surface area (Å²) in [5, 5.41) is 17.8. The maximum Gasteiger partial charge on any atom is 0.478 e. The highest BCUT2D eigenvalue weighted by Crippen LogP contribution is 2.53. The van der Waals surface area contributed by atoms with Crippen molar-refractivity contribution in [2.75, 3.05) is 11.5 Å². The van der Waals surface area contributed by atoms with Gasteiger partial charge in [-0.3, -0.25) is 0 Å². The first-order valence-electron chi connectivity index (χ1n) is 4.21. The van der Waals surface area contributed by atoms with Crippen LogP contribution in [0.4, 0.5) is 11.4 Å². The van der Waals surface area contributed by atoms with Crippen LogP contribution in [0.25, 0.3) is 0 Å². The smallest absolute Gasteiger partial charge is 0.478 e. The molecule has 1 aromatic carbocycles. The molecule has 0 unspecified atom stereocenters. The summed E-state index contributed by atoms with van der Waals surface area (Å²) in [6, 6.07) is 2.40. The Kier molecular flexibility index (Phi) is 5.79. The molecule has 1 rings (SSSR count). The van der Waals surface area contributed by atoms with Gasteiger partial charge < -0.3 is 41.3 Å². The highest BCUT2D eigenvalue weighted by atomic mass is 31.3. The van der Waals surface area contributed by atoms with Crippen molar-refractivity contribution in [3.8, 4) is 11.5 Å². The van der Waals surface area contributed by atoms with E-state index in [2.05, 4.69) is 4.31 Å². The maximum atomic E-state index is 9.63. The van der Waals surface area contributed by atoms with Crippen LogP contribution in [-0.2, 0) is 13.4 Å². The Hall–Kier alpha value is -1.32. The molecule has 0 radical (unpaired) electrons. The third kappa shape index (κ3) is 8.41. The van der Waals surface area contributed by atoms with E-state index >= 15 is 0 Å². The van der Waals surface area contributed by atoms with Gasteiger partial charge in [-0.1, -0.05) is 0 Å². The SMILES string of the molecule is Nc1cc(N)c(O)cc1O.O=P(O)(O)OP(=O)(O)O. The molecular formula is C6H12N2O9P2. The van der Waals surface area contributed by atoms with Gasteiger partial charge in [0.1, 0.15) is 11.5 Å². The van der Waals surface area contributed by atoms with Gasteiger partial charge in [0.25, 0.3) is 0 Å². The van der Waals surface area contributed by atoms with Gasteiger partial charge in [0.05, 0.1) is 11.4 Å². The number of rotatable bonds is 2. The lowest BCUT2D eigenvalue weighted by Crippen LogP contribution is -1.90. The third-order valence-corrected chi connectivity index (χ3v) is 3.09. The number of benzene rings is 1. The molecule has 0 aromatic heterocycles. The predicted molar refractivity (Wildman–Crippen MR) is 63.8 cm³/mol. The lowest BCUT2D eigenvalue weighted by molar-refractivity contribution is 0.225. The highest BCUT2D eigenvalue weighted by Gasteiger charge is 2.27. The van der Waals surface area contributed by atoms with Crippen molar-refractivity contribution in [1.29, 1.82) is 0 Å². The monoisotopic (exact) mass is 318 g/mol. The minimum atomic E-state index is -5.05. The van der Waals surface area contributed by atoms with Crippen molar-refractivity contribution < 1.29 is 43.2 Å². The summed E-state index contributed by atoms with van der Waals surface area (Å²) in [6.07, 6.45) is 0.